The van der Waals surface area contributed by atoms with Crippen LogP contribution in [0.25, 0.3) is 0 Å². The third kappa shape index (κ3) is 4.41. The van der Waals surface area contributed by atoms with E-state index in [0.29, 0.717) is 31.4 Å². The minimum Gasteiger partial charge on any atom is -0.497 e. The van der Waals surface area contributed by atoms with Crippen LogP contribution in [0, 0.1) is 0 Å². The number of likely N-dealkylation sites (tertiary alicyclic amines) is 1. The number of aliphatic hydroxyl groups excluding tert-OH is 1. The van der Waals surface area contributed by atoms with Gasteiger partial charge in [0.1, 0.15) is 5.75 Å². The molecule has 0 aliphatic carbocycles. The highest BCUT2D eigenvalue weighted by Crippen LogP contribution is 2.18. The molecule has 3 rings (SSSR count). The maximum atomic E-state index is 12.2. The van der Waals surface area contributed by atoms with Crippen LogP contribution in [0.15, 0.2) is 47.1 Å². The van der Waals surface area contributed by atoms with Crippen molar-refractivity contribution in [2.45, 2.75) is 25.0 Å². The number of carbonyl (C=O) groups excluding carboxylic acids is 1. The van der Waals surface area contributed by atoms with Crippen LogP contribution in [0.5, 0.6) is 5.75 Å². The smallest absolute Gasteiger partial charge is 0.289 e. The summed E-state index contributed by atoms with van der Waals surface area (Å²) in [6, 6.07) is 11.1. The van der Waals surface area contributed by atoms with Gasteiger partial charge in [0.25, 0.3) is 5.91 Å². The number of methoxy groups -OCH3 is 1. The van der Waals surface area contributed by atoms with Crippen LogP contribution in [0.2, 0.25) is 0 Å². The third-order valence-electron chi connectivity index (χ3n) is 4.61. The number of furan rings is 1. The van der Waals surface area contributed by atoms with Gasteiger partial charge in [0.15, 0.2) is 5.76 Å². The molecule has 1 saturated heterocycles. The quantitative estimate of drug-likeness (QED) is 0.840. The maximum Gasteiger partial charge on any atom is 0.289 e. The number of aliphatic hydroxyl groups is 1. The highest BCUT2D eigenvalue weighted by Gasteiger charge is 2.25. The van der Waals surface area contributed by atoms with Crippen molar-refractivity contribution in [1.29, 1.82) is 0 Å². The zero-order valence-corrected chi connectivity index (χ0v) is 14.4. The molecule has 6 nitrogen and oxygen atoms in total. The summed E-state index contributed by atoms with van der Waals surface area (Å²) in [5.74, 6) is 1.11. The van der Waals surface area contributed by atoms with Crippen molar-refractivity contribution in [1.82, 2.24) is 10.2 Å². The van der Waals surface area contributed by atoms with Gasteiger partial charge in [-0.15, -0.1) is 0 Å². The van der Waals surface area contributed by atoms with Gasteiger partial charge < -0.3 is 24.5 Å². The van der Waals surface area contributed by atoms with Crippen molar-refractivity contribution in [3.05, 3.63) is 54.0 Å². The Morgan fingerprint density at radius 3 is 2.64 bits per heavy atom. The van der Waals surface area contributed by atoms with E-state index in [4.69, 9.17) is 9.15 Å². The number of nitrogens with one attached hydrogen (secondary N) is 1. The lowest BCUT2D eigenvalue weighted by Gasteiger charge is -2.32. The van der Waals surface area contributed by atoms with E-state index in [1.165, 1.54) is 6.26 Å². The van der Waals surface area contributed by atoms with Crippen molar-refractivity contribution in [3.8, 4) is 5.75 Å². The largest absolute Gasteiger partial charge is 0.497 e. The van der Waals surface area contributed by atoms with Crippen LogP contribution in [-0.2, 0) is 0 Å². The van der Waals surface area contributed by atoms with E-state index in [9.17, 15) is 9.90 Å². The molecule has 2 N–H and O–H groups in total. The van der Waals surface area contributed by atoms with Crippen LogP contribution in [-0.4, -0.2) is 48.7 Å². The molecule has 1 fully saturated rings. The third-order valence-corrected chi connectivity index (χ3v) is 4.61. The van der Waals surface area contributed by atoms with Gasteiger partial charge in [0.2, 0.25) is 0 Å². The molecule has 1 amide bonds. The fourth-order valence-electron chi connectivity index (χ4n) is 3.06. The SMILES string of the molecule is COc1ccc(C(O)CNC2CCN(C(=O)c3ccco3)CC2)cc1. The van der Waals surface area contributed by atoms with Gasteiger partial charge in [-0.1, -0.05) is 12.1 Å². The number of hydrogen-bond donors (Lipinski definition) is 2. The van der Waals surface area contributed by atoms with E-state index in [0.717, 1.165) is 24.2 Å². The average molecular weight is 344 g/mol. The first-order chi connectivity index (χ1) is 12.2. The molecule has 1 atom stereocenters. The zero-order valence-electron chi connectivity index (χ0n) is 14.4. The molecule has 0 bridgehead atoms. The molecule has 0 saturated carbocycles. The predicted molar refractivity (Wildman–Crippen MR) is 93.6 cm³/mol. The average Bonchev–Trinajstić information content (AvgIpc) is 3.21. The molecule has 2 heterocycles. The molecule has 2 aromatic rings. The molecule has 0 radical (unpaired) electrons. The van der Waals surface area contributed by atoms with E-state index in [-0.39, 0.29) is 5.91 Å². The number of ether oxygens (including phenoxy) is 1. The number of hydrogen-bond acceptors (Lipinski definition) is 5. The molecule has 1 aliphatic heterocycles. The number of carbonyl (C=O) groups is 1. The summed E-state index contributed by atoms with van der Waals surface area (Å²) in [6.07, 6.45) is 2.68. The predicted octanol–water partition coefficient (Wildman–Crippen LogP) is 2.22. The number of nitrogens with zero attached hydrogens (tertiary/aromatic N) is 1. The van der Waals surface area contributed by atoms with Crippen LogP contribution >= 0.6 is 0 Å². The Bertz CT molecular complexity index is 661. The fourth-order valence-corrected chi connectivity index (χ4v) is 3.06. The van der Waals surface area contributed by atoms with Gasteiger partial charge in [0.05, 0.1) is 19.5 Å². The Hall–Kier alpha value is -2.31. The van der Waals surface area contributed by atoms with Gasteiger partial charge in [-0.25, -0.2) is 0 Å². The van der Waals surface area contributed by atoms with Crippen molar-refractivity contribution in [2.75, 3.05) is 26.7 Å². The van der Waals surface area contributed by atoms with Gasteiger partial charge in [0, 0.05) is 25.7 Å². The summed E-state index contributed by atoms with van der Waals surface area (Å²) in [5.41, 5.74) is 0.860. The highest BCUT2D eigenvalue weighted by atomic mass is 16.5. The molecule has 6 heteroatoms. The second kappa shape index (κ2) is 8.18. The highest BCUT2D eigenvalue weighted by molar-refractivity contribution is 5.91. The first kappa shape index (κ1) is 17.5. The molecule has 25 heavy (non-hydrogen) atoms. The standard InChI is InChI=1S/C19H24N2O4/c1-24-16-6-4-14(5-7-16)17(22)13-20-15-8-10-21(11-9-15)19(23)18-3-2-12-25-18/h2-7,12,15,17,20,22H,8-11,13H2,1H3. The van der Waals surface area contributed by atoms with Crippen LogP contribution in [0.4, 0.5) is 0 Å². The van der Waals surface area contributed by atoms with Gasteiger partial charge in [-0.05, 0) is 42.7 Å². The Morgan fingerprint density at radius 2 is 2.04 bits per heavy atom. The molecule has 134 valence electrons. The number of amides is 1. The molecule has 1 aliphatic rings. The lowest BCUT2D eigenvalue weighted by Crippen LogP contribution is -2.45. The van der Waals surface area contributed by atoms with Crippen LogP contribution < -0.4 is 10.1 Å². The van der Waals surface area contributed by atoms with Gasteiger partial charge >= 0.3 is 0 Å². The Balaban J connectivity index is 1.43. The second-order valence-electron chi connectivity index (χ2n) is 6.24. The van der Waals surface area contributed by atoms with Gasteiger partial charge in [-0.3, -0.25) is 4.79 Å². The Morgan fingerprint density at radius 1 is 1.32 bits per heavy atom. The fraction of sp³-hybridized carbons (Fsp3) is 0.421. The molecule has 1 aromatic carbocycles. The molecule has 0 spiro atoms. The number of benzene rings is 1. The first-order valence-electron chi connectivity index (χ1n) is 8.55. The van der Waals surface area contributed by atoms with Crippen LogP contribution in [0.1, 0.15) is 35.1 Å². The molecular weight excluding hydrogens is 320 g/mol. The van der Waals surface area contributed by atoms with E-state index < -0.39 is 6.10 Å². The van der Waals surface area contributed by atoms with E-state index in [1.54, 1.807) is 19.2 Å². The first-order valence-corrected chi connectivity index (χ1v) is 8.55. The molecule has 1 unspecified atom stereocenters. The lowest BCUT2D eigenvalue weighted by molar-refractivity contribution is 0.0666. The van der Waals surface area contributed by atoms with Gasteiger partial charge in [-0.2, -0.15) is 0 Å². The summed E-state index contributed by atoms with van der Waals surface area (Å²) < 4.78 is 10.3. The Kier molecular flexibility index (Phi) is 5.73. The maximum absolute atomic E-state index is 12.2. The van der Waals surface area contributed by atoms with Crippen molar-refractivity contribution in [2.24, 2.45) is 0 Å². The summed E-state index contributed by atoms with van der Waals surface area (Å²) in [6.45, 7) is 1.87. The van der Waals surface area contributed by atoms with Crippen molar-refractivity contribution >= 4 is 5.91 Å². The molecular formula is C19H24N2O4. The summed E-state index contributed by atoms with van der Waals surface area (Å²) >= 11 is 0. The van der Waals surface area contributed by atoms with Crippen LogP contribution in [0.3, 0.4) is 0 Å². The zero-order chi connectivity index (χ0) is 17.6. The minimum absolute atomic E-state index is 0.0540. The Labute approximate surface area is 147 Å². The number of rotatable bonds is 6. The molecule has 1 aromatic heterocycles. The summed E-state index contributed by atoms with van der Waals surface area (Å²) in [7, 11) is 1.62. The van der Waals surface area contributed by atoms with E-state index in [2.05, 4.69) is 5.32 Å². The lowest BCUT2D eigenvalue weighted by atomic mass is 10.0. The normalized spacial score (nSPS) is 16.6. The summed E-state index contributed by atoms with van der Waals surface area (Å²) in [4.78, 5) is 14.0. The number of piperidine rings is 1. The minimum atomic E-state index is -0.561. The monoisotopic (exact) mass is 344 g/mol. The van der Waals surface area contributed by atoms with Crippen molar-refractivity contribution < 1.29 is 19.1 Å². The summed E-state index contributed by atoms with van der Waals surface area (Å²) in [5, 5.41) is 13.7. The van der Waals surface area contributed by atoms with E-state index >= 15 is 0 Å². The van der Waals surface area contributed by atoms with Crippen molar-refractivity contribution in [3.63, 3.8) is 0 Å². The van der Waals surface area contributed by atoms with E-state index in [1.807, 2.05) is 29.2 Å². The topological polar surface area (TPSA) is 74.9 Å². The second-order valence-corrected chi connectivity index (χ2v) is 6.24.